The molecule has 1 fully saturated rings. The summed E-state index contributed by atoms with van der Waals surface area (Å²) in [4.78, 5) is 14.3. The fourth-order valence-corrected chi connectivity index (χ4v) is 3.30. The lowest BCUT2D eigenvalue weighted by molar-refractivity contribution is -0.117. The zero-order valence-corrected chi connectivity index (χ0v) is 13.6. The van der Waals surface area contributed by atoms with Gasteiger partial charge in [-0.3, -0.25) is 9.69 Å². The maximum absolute atomic E-state index is 12.1. The molecule has 2 rings (SSSR count). The van der Waals surface area contributed by atoms with Crippen molar-refractivity contribution < 1.29 is 4.79 Å². The first-order valence-electron chi connectivity index (χ1n) is 6.99. The van der Waals surface area contributed by atoms with Crippen LogP contribution in [0.5, 0.6) is 0 Å². The molecule has 4 nitrogen and oxygen atoms in total. The van der Waals surface area contributed by atoms with E-state index in [0.717, 1.165) is 28.7 Å². The van der Waals surface area contributed by atoms with Crippen molar-refractivity contribution in [2.75, 3.05) is 25.0 Å². The molecule has 0 aliphatic carbocycles. The summed E-state index contributed by atoms with van der Waals surface area (Å²) in [5.74, 6) is 0.544. The predicted octanol–water partition coefficient (Wildman–Crippen LogP) is 2.37. The number of carbonyl (C=O) groups excluding carboxylic acids is 1. The fourth-order valence-electron chi connectivity index (χ4n) is 2.70. The van der Waals surface area contributed by atoms with Gasteiger partial charge in [-0.15, -0.1) is 0 Å². The molecular weight excluding hydrogens is 318 g/mol. The van der Waals surface area contributed by atoms with Crippen molar-refractivity contribution in [3.63, 3.8) is 0 Å². The van der Waals surface area contributed by atoms with Crippen LogP contribution in [0.4, 0.5) is 5.69 Å². The molecule has 2 atom stereocenters. The number of nitrogens with one attached hydrogen (secondary N) is 1. The van der Waals surface area contributed by atoms with Gasteiger partial charge in [0.05, 0.1) is 12.2 Å². The Kier molecular flexibility index (Phi) is 5.18. The maximum atomic E-state index is 12.1. The minimum absolute atomic E-state index is 0.0269. The Labute approximate surface area is 128 Å². The normalized spacial score (nSPS) is 23.0. The number of halogens is 1. The van der Waals surface area contributed by atoms with Crippen molar-refractivity contribution in [3.8, 4) is 0 Å². The van der Waals surface area contributed by atoms with E-state index >= 15 is 0 Å². The van der Waals surface area contributed by atoms with Crippen LogP contribution in [0.2, 0.25) is 0 Å². The van der Waals surface area contributed by atoms with Gasteiger partial charge >= 0.3 is 0 Å². The largest absolute Gasteiger partial charge is 0.330 e. The van der Waals surface area contributed by atoms with Gasteiger partial charge in [-0.25, -0.2) is 0 Å². The number of carbonyl (C=O) groups is 1. The molecule has 0 aromatic heterocycles. The van der Waals surface area contributed by atoms with Crippen LogP contribution in [0.1, 0.15) is 18.9 Å². The van der Waals surface area contributed by atoms with Crippen LogP contribution in [0, 0.1) is 12.8 Å². The molecule has 1 aromatic rings. The number of benzene rings is 1. The topological polar surface area (TPSA) is 58.4 Å². The number of nitrogens with two attached hydrogens (primary N) is 1. The van der Waals surface area contributed by atoms with E-state index in [4.69, 9.17) is 5.73 Å². The Bertz CT molecular complexity index is 492. The molecule has 1 heterocycles. The van der Waals surface area contributed by atoms with Crippen LogP contribution < -0.4 is 11.1 Å². The molecule has 0 saturated carbocycles. The molecule has 0 spiro atoms. The van der Waals surface area contributed by atoms with Crippen LogP contribution in [0.3, 0.4) is 0 Å². The number of anilines is 1. The highest BCUT2D eigenvalue weighted by atomic mass is 79.9. The number of nitrogens with zero attached hydrogens (tertiary/aromatic N) is 1. The van der Waals surface area contributed by atoms with Gasteiger partial charge < -0.3 is 11.1 Å². The van der Waals surface area contributed by atoms with Gasteiger partial charge in [-0.2, -0.15) is 0 Å². The number of amides is 1. The van der Waals surface area contributed by atoms with Gasteiger partial charge in [0.1, 0.15) is 0 Å². The molecule has 1 aliphatic heterocycles. The lowest BCUT2D eigenvalue weighted by atomic mass is 10.1. The first-order chi connectivity index (χ1) is 9.49. The highest BCUT2D eigenvalue weighted by molar-refractivity contribution is 9.10. The maximum Gasteiger partial charge on any atom is 0.238 e. The molecule has 1 aromatic carbocycles. The van der Waals surface area contributed by atoms with Crippen LogP contribution >= 0.6 is 15.9 Å². The highest BCUT2D eigenvalue weighted by Gasteiger charge is 2.29. The van der Waals surface area contributed by atoms with Crippen molar-refractivity contribution >= 4 is 27.5 Å². The molecule has 110 valence electrons. The first kappa shape index (κ1) is 15.5. The Morgan fingerprint density at radius 1 is 1.55 bits per heavy atom. The molecule has 1 aliphatic rings. The van der Waals surface area contributed by atoms with Crippen molar-refractivity contribution in [2.24, 2.45) is 11.7 Å². The number of hydrogen-bond donors (Lipinski definition) is 2. The summed E-state index contributed by atoms with van der Waals surface area (Å²) in [6.07, 6.45) is 1.08. The van der Waals surface area contributed by atoms with Crippen LogP contribution in [0.25, 0.3) is 0 Å². The summed E-state index contributed by atoms with van der Waals surface area (Å²) in [5.41, 5.74) is 7.70. The molecule has 0 radical (unpaired) electrons. The second-order valence-corrected chi connectivity index (χ2v) is 6.50. The Hall–Kier alpha value is -0.910. The van der Waals surface area contributed by atoms with Crippen molar-refractivity contribution in [2.45, 2.75) is 26.3 Å². The summed E-state index contributed by atoms with van der Waals surface area (Å²) in [6.45, 7) is 6.23. The third-order valence-corrected chi connectivity index (χ3v) is 4.53. The Morgan fingerprint density at radius 3 is 2.90 bits per heavy atom. The lowest BCUT2D eigenvalue weighted by Crippen LogP contribution is -2.36. The van der Waals surface area contributed by atoms with Crippen molar-refractivity contribution in [3.05, 3.63) is 28.2 Å². The van der Waals surface area contributed by atoms with E-state index in [9.17, 15) is 4.79 Å². The van der Waals surface area contributed by atoms with E-state index in [1.165, 1.54) is 0 Å². The minimum atomic E-state index is 0.0269. The number of likely N-dealkylation sites (tertiary alicyclic amines) is 1. The Morgan fingerprint density at radius 2 is 2.30 bits per heavy atom. The van der Waals surface area contributed by atoms with Crippen LogP contribution in [-0.2, 0) is 4.79 Å². The van der Waals surface area contributed by atoms with Gasteiger partial charge in [0.15, 0.2) is 0 Å². The minimum Gasteiger partial charge on any atom is -0.330 e. The Balaban J connectivity index is 1.92. The van der Waals surface area contributed by atoms with Gasteiger partial charge in [0.25, 0.3) is 0 Å². The van der Waals surface area contributed by atoms with E-state index in [0.29, 0.717) is 25.0 Å². The third-order valence-electron chi connectivity index (χ3n) is 3.87. The monoisotopic (exact) mass is 339 g/mol. The molecule has 1 amide bonds. The molecular formula is C15H22BrN3O. The highest BCUT2D eigenvalue weighted by Crippen LogP contribution is 2.24. The molecule has 5 heteroatoms. The van der Waals surface area contributed by atoms with E-state index in [2.05, 4.69) is 33.1 Å². The average Bonchev–Trinajstić information content (AvgIpc) is 2.74. The number of aryl methyl sites for hydroxylation is 1. The summed E-state index contributed by atoms with van der Waals surface area (Å²) in [6, 6.07) is 6.34. The van der Waals surface area contributed by atoms with Crippen LogP contribution in [-0.4, -0.2) is 36.5 Å². The molecule has 3 N–H and O–H groups in total. The smallest absolute Gasteiger partial charge is 0.238 e. The SMILES string of the molecule is Cc1ccc(NC(=O)CN2CC(CN)CC2C)c(Br)c1. The predicted molar refractivity (Wildman–Crippen MR) is 85.7 cm³/mol. The molecule has 0 bridgehead atoms. The summed E-state index contributed by atoms with van der Waals surface area (Å²) < 4.78 is 0.917. The van der Waals surface area contributed by atoms with Gasteiger partial charge in [-0.05, 0) is 66.4 Å². The van der Waals surface area contributed by atoms with Crippen molar-refractivity contribution in [1.82, 2.24) is 4.90 Å². The van der Waals surface area contributed by atoms with E-state index in [-0.39, 0.29) is 5.91 Å². The molecule has 20 heavy (non-hydrogen) atoms. The first-order valence-corrected chi connectivity index (χ1v) is 7.79. The summed E-state index contributed by atoms with van der Waals surface area (Å²) >= 11 is 3.48. The van der Waals surface area contributed by atoms with E-state index < -0.39 is 0 Å². The quantitative estimate of drug-likeness (QED) is 0.885. The number of hydrogen-bond acceptors (Lipinski definition) is 3. The van der Waals surface area contributed by atoms with E-state index in [1.54, 1.807) is 0 Å². The zero-order chi connectivity index (χ0) is 14.7. The molecule has 2 unspecified atom stereocenters. The van der Waals surface area contributed by atoms with Gasteiger partial charge in [0, 0.05) is 17.1 Å². The average molecular weight is 340 g/mol. The second-order valence-electron chi connectivity index (χ2n) is 5.65. The van der Waals surface area contributed by atoms with Crippen LogP contribution in [0.15, 0.2) is 22.7 Å². The summed E-state index contributed by atoms with van der Waals surface area (Å²) in [5, 5.41) is 2.96. The lowest BCUT2D eigenvalue weighted by Gasteiger charge is -2.20. The molecule has 1 saturated heterocycles. The number of rotatable bonds is 4. The van der Waals surface area contributed by atoms with Crippen molar-refractivity contribution in [1.29, 1.82) is 0 Å². The standard InChI is InChI=1S/C15H22BrN3O/c1-10-3-4-14(13(16)5-10)18-15(20)9-19-8-12(7-17)6-11(19)2/h3-5,11-12H,6-9,17H2,1-2H3,(H,18,20). The third kappa shape index (κ3) is 3.81. The second kappa shape index (κ2) is 6.70. The zero-order valence-electron chi connectivity index (χ0n) is 12.0. The van der Waals surface area contributed by atoms with E-state index in [1.807, 2.05) is 25.1 Å². The van der Waals surface area contributed by atoms with Gasteiger partial charge in [-0.1, -0.05) is 6.07 Å². The summed E-state index contributed by atoms with van der Waals surface area (Å²) in [7, 11) is 0. The fraction of sp³-hybridized carbons (Fsp3) is 0.533. The van der Waals surface area contributed by atoms with Gasteiger partial charge in [0.2, 0.25) is 5.91 Å².